The second-order valence-electron chi connectivity index (χ2n) is 6.13. The molecule has 1 heteroatoms. The van der Waals surface area contributed by atoms with Crippen LogP contribution in [0.3, 0.4) is 0 Å². The smallest absolute Gasteiger partial charge is 0.0277 e. The molecule has 0 N–H and O–H groups in total. The fourth-order valence-corrected chi connectivity index (χ4v) is 1.98. The van der Waals surface area contributed by atoms with E-state index in [2.05, 4.69) is 53.5 Å². The van der Waals surface area contributed by atoms with E-state index in [-0.39, 0.29) is 10.8 Å². The van der Waals surface area contributed by atoms with Gasteiger partial charge in [0.1, 0.15) is 0 Å². The Bertz CT molecular complexity index is 256. The molecular formula is C14H27N. The molecule has 15 heavy (non-hydrogen) atoms. The van der Waals surface area contributed by atoms with Gasteiger partial charge >= 0.3 is 0 Å². The van der Waals surface area contributed by atoms with Crippen LogP contribution in [0.15, 0.2) is 16.1 Å². The Labute approximate surface area is 95.7 Å². The summed E-state index contributed by atoms with van der Waals surface area (Å²) in [5.74, 6) is 0. The Morgan fingerprint density at radius 2 is 1.47 bits per heavy atom. The third-order valence-electron chi connectivity index (χ3n) is 2.65. The average molecular weight is 209 g/mol. The van der Waals surface area contributed by atoms with Gasteiger partial charge in [0.15, 0.2) is 0 Å². The molecule has 0 radical (unpaired) electrons. The first-order valence-corrected chi connectivity index (χ1v) is 5.80. The van der Waals surface area contributed by atoms with E-state index in [1.165, 1.54) is 11.1 Å². The normalized spacial score (nSPS) is 15.7. The van der Waals surface area contributed by atoms with E-state index in [9.17, 15) is 0 Å². The quantitative estimate of drug-likeness (QED) is 0.594. The van der Waals surface area contributed by atoms with Crippen LogP contribution in [0.25, 0.3) is 0 Å². The van der Waals surface area contributed by atoms with Gasteiger partial charge in [-0.25, -0.2) is 0 Å². The van der Waals surface area contributed by atoms with Crippen molar-refractivity contribution >= 4 is 6.21 Å². The maximum Gasteiger partial charge on any atom is 0.0277 e. The van der Waals surface area contributed by atoms with Crippen molar-refractivity contribution in [1.29, 1.82) is 0 Å². The standard InChI is InChI=1S/C14H27N/c1-9-11(13(2,3)4)12(10-15-8)14(5,6)7/h10H,9H2,1-8H3/b12-11-,15-10-. The Balaban J connectivity index is 5.61. The summed E-state index contributed by atoms with van der Waals surface area (Å²) < 4.78 is 0. The maximum absolute atomic E-state index is 4.20. The van der Waals surface area contributed by atoms with Gasteiger partial charge in [-0.05, 0) is 22.8 Å². The summed E-state index contributed by atoms with van der Waals surface area (Å²) in [5.41, 5.74) is 3.32. The van der Waals surface area contributed by atoms with E-state index < -0.39 is 0 Å². The molecule has 0 saturated heterocycles. The third kappa shape index (κ3) is 4.19. The molecule has 0 rings (SSSR count). The Hall–Kier alpha value is -0.590. The highest BCUT2D eigenvalue weighted by Crippen LogP contribution is 2.37. The SMILES string of the molecule is CC/C(=C(\C=N/C)C(C)(C)C)C(C)(C)C. The highest BCUT2D eigenvalue weighted by atomic mass is 14.6. The molecule has 0 aromatic carbocycles. The lowest BCUT2D eigenvalue weighted by molar-refractivity contribution is 0.448. The Kier molecular flexibility index (Phi) is 4.76. The van der Waals surface area contributed by atoms with Gasteiger partial charge in [0, 0.05) is 13.3 Å². The molecule has 0 spiro atoms. The Morgan fingerprint density at radius 3 is 1.67 bits per heavy atom. The molecule has 88 valence electrons. The zero-order valence-corrected chi connectivity index (χ0v) is 11.7. The van der Waals surface area contributed by atoms with Crippen LogP contribution in [-0.4, -0.2) is 13.3 Å². The second-order valence-corrected chi connectivity index (χ2v) is 6.13. The molecule has 0 heterocycles. The van der Waals surface area contributed by atoms with E-state index in [0.717, 1.165) is 6.42 Å². The number of allylic oxidation sites excluding steroid dienone is 2. The van der Waals surface area contributed by atoms with Crippen LogP contribution in [0.4, 0.5) is 0 Å². The largest absolute Gasteiger partial charge is 0.296 e. The van der Waals surface area contributed by atoms with E-state index in [1.54, 1.807) is 0 Å². The summed E-state index contributed by atoms with van der Waals surface area (Å²) in [6, 6.07) is 0. The minimum absolute atomic E-state index is 0.179. The molecular weight excluding hydrogens is 182 g/mol. The topological polar surface area (TPSA) is 12.4 Å². The van der Waals surface area contributed by atoms with Crippen LogP contribution in [0.1, 0.15) is 54.9 Å². The molecule has 0 fully saturated rings. The van der Waals surface area contributed by atoms with E-state index in [1.807, 2.05) is 13.3 Å². The van der Waals surface area contributed by atoms with E-state index in [0.29, 0.717) is 0 Å². The zero-order chi connectivity index (χ0) is 12.3. The second kappa shape index (κ2) is 4.96. The van der Waals surface area contributed by atoms with Crippen LogP contribution in [-0.2, 0) is 0 Å². The minimum atomic E-state index is 0.179. The van der Waals surface area contributed by atoms with Crippen LogP contribution in [0.5, 0.6) is 0 Å². The summed E-state index contributed by atoms with van der Waals surface area (Å²) in [4.78, 5) is 4.20. The van der Waals surface area contributed by atoms with Crippen LogP contribution in [0, 0.1) is 10.8 Å². The summed E-state index contributed by atoms with van der Waals surface area (Å²) in [5, 5.41) is 0. The molecule has 0 bridgehead atoms. The van der Waals surface area contributed by atoms with Gasteiger partial charge in [0.2, 0.25) is 0 Å². The van der Waals surface area contributed by atoms with Crippen molar-refractivity contribution < 1.29 is 0 Å². The lowest BCUT2D eigenvalue weighted by Crippen LogP contribution is -2.20. The summed E-state index contributed by atoms with van der Waals surface area (Å²) in [6.07, 6.45) is 3.13. The van der Waals surface area contributed by atoms with Crippen molar-refractivity contribution in [1.82, 2.24) is 0 Å². The summed E-state index contributed by atoms with van der Waals surface area (Å²) >= 11 is 0. The number of hydrogen-bond acceptors (Lipinski definition) is 1. The molecule has 0 atom stereocenters. The molecule has 1 nitrogen and oxygen atoms in total. The van der Waals surface area contributed by atoms with Crippen molar-refractivity contribution in [2.45, 2.75) is 54.9 Å². The first-order chi connectivity index (χ1) is 6.64. The predicted molar refractivity (Wildman–Crippen MR) is 70.6 cm³/mol. The number of rotatable bonds is 2. The molecule has 0 aliphatic carbocycles. The van der Waals surface area contributed by atoms with Crippen LogP contribution >= 0.6 is 0 Å². The van der Waals surface area contributed by atoms with Gasteiger partial charge in [-0.3, -0.25) is 4.99 Å². The first-order valence-electron chi connectivity index (χ1n) is 5.80. The van der Waals surface area contributed by atoms with Crippen molar-refractivity contribution in [2.75, 3.05) is 7.05 Å². The van der Waals surface area contributed by atoms with Gasteiger partial charge < -0.3 is 0 Å². The van der Waals surface area contributed by atoms with Crippen molar-refractivity contribution in [3.8, 4) is 0 Å². The van der Waals surface area contributed by atoms with E-state index in [4.69, 9.17) is 0 Å². The summed E-state index contributed by atoms with van der Waals surface area (Å²) in [7, 11) is 1.85. The highest BCUT2D eigenvalue weighted by molar-refractivity contribution is 5.81. The van der Waals surface area contributed by atoms with Gasteiger partial charge in [-0.2, -0.15) is 0 Å². The monoisotopic (exact) mass is 209 g/mol. The molecule has 0 amide bonds. The van der Waals surface area contributed by atoms with Crippen molar-refractivity contribution in [2.24, 2.45) is 15.8 Å². The van der Waals surface area contributed by atoms with Gasteiger partial charge in [0.25, 0.3) is 0 Å². The molecule has 0 saturated carbocycles. The highest BCUT2D eigenvalue weighted by Gasteiger charge is 2.25. The molecule has 0 aliphatic heterocycles. The number of hydrogen-bond donors (Lipinski definition) is 0. The van der Waals surface area contributed by atoms with Gasteiger partial charge in [-0.1, -0.05) is 54.0 Å². The minimum Gasteiger partial charge on any atom is -0.296 e. The molecule has 0 unspecified atom stereocenters. The molecule has 0 aliphatic rings. The fraction of sp³-hybridized carbons (Fsp3) is 0.786. The lowest BCUT2D eigenvalue weighted by atomic mass is 9.74. The number of aliphatic imine (C=N–C) groups is 1. The number of nitrogens with zero attached hydrogens (tertiary/aromatic N) is 1. The maximum atomic E-state index is 4.20. The van der Waals surface area contributed by atoms with Gasteiger partial charge in [0.05, 0.1) is 0 Å². The Morgan fingerprint density at radius 1 is 1.00 bits per heavy atom. The van der Waals surface area contributed by atoms with Gasteiger partial charge in [-0.15, -0.1) is 0 Å². The predicted octanol–water partition coefficient (Wildman–Crippen LogP) is 4.49. The zero-order valence-electron chi connectivity index (χ0n) is 11.7. The molecule has 0 aromatic rings. The first kappa shape index (κ1) is 14.4. The molecule has 0 aromatic heterocycles. The third-order valence-corrected chi connectivity index (χ3v) is 2.65. The fourth-order valence-electron chi connectivity index (χ4n) is 1.98. The summed E-state index contributed by atoms with van der Waals surface area (Å²) in [6.45, 7) is 15.8. The van der Waals surface area contributed by atoms with Crippen molar-refractivity contribution in [3.63, 3.8) is 0 Å². The van der Waals surface area contributed by atoms with E-state index >= 15 is 0 Å². The van der Waals surface area contributed by atoms with Crippen molar-refractivity contribution in [3.05, 3.63) is 11.1 Å². The van der Waals surface area contributed by atoms with Crippen LogP contribution in [0.2, 0.25) is 0 Å². The average Bonchev–Trinajstić information content (AvgIpc) is 2.00. The van der Waals surface area contributed by atoms with Crippen LogP contribution < -0.4 is 0 Å². The lowest BCUT2D eigenvalue weighted by Gasteiger charge is -2.31.